The highest BCUT2D eigenvalue weighted by atomic mass is 32.1. The molecule has 0 radical (unpaired) electrons. The van der Waals surface area contributed by atoms with Crippen molar-refractivity contribution in [3.63, 3.8) is 0 Å². The molecule has 12 nitrogen and oxygen atoms in total. The molecular weight excluding hydrogens is 408 g/mol. The van der Waals surface area contributed by atoms with Gasteiger partial charge in [-0.3, -0.25) is 19.2 Å². The van der Waals surface area contributed by atoms with Crippen molar-refractivity contribution in [2.45, 2.75) is 49.9 Å². The minimum absolute atomic E-state index is 0.195. The molecule has 13 heteroatoms. The fourth-order valence-electron chi connectivity index (χ4n) is 2.64. The van der Waals surface area contributed by atoms with Gasteiger partial charge in [-0.05, 0) is 25.8 Å². The lowest BCUT2D eigenvalue weighted by Gasteiger charge is -2.24. The molecular formula is C16H26N4O8S. The van der Waals surface area contributed by atoms with Crippen LogP contribution >= 0.6 is 12.6 Å². The SMILES string of the molecule is O=C(O)CCC(NC(=O)C1CCCN1)C(=O)NC(CS)C(=O)NC(CO)C(=O)O. The van der Waals surface area contributed by atoms with Crippen LogP contribution in [0.25, 0.3) is 0 Å². The molecule has 3 amide bonds. The number of carboxylic acids is 2. The van der Waals surface area contributed by atoms with Crippen LogP contribution in [0.15, 0.2) is 0 Å². The van der Waals surface area contributed by atoms with Crippen LogP contribution in [0, 0.1) is 0 Å². The van der Waals surface area contributed by atoms with Gasteiger partial charge in [-0.2, -0.15) is 12.6 Å². The van der Waals surface area contributed by atoms with E-state index in [0.29, 0.717) is 13.0 Å². The largest absolute Gasteiger partial charge is 0.481 e. The summed E-state index contributed by atoms with van der Waals surface area (Å²) in [5.74, 6) is -4.96. The van der Waals surface area contributed by atoms with Crippen molar-refractivity contribution < 1.29 is 39.3 Å². The number of amides is 3. The van der Waals surface area contributed by atoms with Crippen LogP contribution in [0.3, 0.4) is 0 Å². The number of rotatable bonds is 12. The zero-order chi connectivity index (χ0) is 22.0. The van der Waals surface area contributed by atoms with Gasteiger partial charge in [0.2, 0.25) is 17.7 Å². The van der Waals surface area contributed by atoms with Crippen LogP contribution in [0.4, 0.5) is 0 Å². The van der Waals surface area contributed by atoms with Gasteiger partial charge in [-0.25, -0.2) is 4.79 Å². The maximum Gasteiger partial charge on any atom is 0.328 e. The molecule has 164 valence electrons. The summed E-state index contributed by atoms with van der Waals surface area (Å²) in [4.78, 5) is 58.8. The second-order valence-electron chi connectivity index (χ2n) is 6.47. The Bertz CT molecular complexity index is 626. The molecule has 0 aliphatic carbocycles. The second kappa shape index (κ2) is 12.2. The summed E-state index contributed by atoms with van der Waals surface area (Å²) in [6.45, 7) is -0.193. The molecule has 1 heterocycles. The molecule has 1 aliphatic heterocycles. The van der Waals surface area contributed by atoms with E-state index < -0.39 is 60.4 Å². The smallest absolute Gasteiger partial charge is 0.328 e. The van der Waals surface area contributed by atoms with Crippen molar-refractivity contribution in [1.82, 2.24) is 21.3 Å². The minimum atomic E-state index is -1.56. The molecule has 7 N–H and O–H groups in total. The number of carbonyl (C=O) groups excluding carboxylic acids is 3. The maximum atomic E-state index is 12.6. The number of aliphatic hydroxyl groups excluding tert-OH is 1. The van der Waals surface area contributed by atoms with Gasteiger partial charge >= 0.3 is 11.9 Å². The zero-order valence-corrected chi connectivity index (χ0v) is 16.5. The molecule has 4 unspecified atom stereocenters. The van der Waals surface area contributed by atoms with E-state index >= 15 is 0 Å². The number of aliphatic carboxylic acids is 2. The first kappa shape index (κ1) is 24.7. The molecule has 4 atom stereocenters. The average Bonchev–Trinajstić information content (AvgIpc) is 3.21. The van der Waals surface area contributed by atoms with Crippen molar-refractivity contribution in [2.24, 2.45) is 0 Å². The van der Waals surface area contributed by atoms with E-state index in [1.165, 1.54) is 0 Å². The molecule has 1 aliphatic rings. The van der Waals surface area contributed by atoms with E-state index in [-0.39, 0.29) is 18.6 Å². The lowest BCUT2D eigenvalue weighted by atomic mass is 10.1. The topological polar surface area (TPSA) is 194 Å². The van der Waals surface area contributed by atoms with Crippen molar-refractivity contribution in [3.05, 3.63) is 0 Å². The number of nitrogens with one attached hydrogen (secondary N) is 4. The summed E-state index contributed by atoms with van der Waals surface area (Å²) < 4.78 is 0. The van der Waals surface area contributed by atoms with E-state index in [4.69, 9.17) is 15.3 Å². The molecule has 1 saturated heterocycles. The third kappa shape index (κ3) is 8.25. The Balaban J connectivity index is 2.78. The van der Waals surface area contributed by atoms with Crippen LogP contribution in [0.1, 0.15) is 25.7 Å². The van der Waals surface area contributed by atoms with Crippen molar-refractivity contribution in [2.75, 3.05) is 18.9 Å². The molecule has 0 aromatic heterocycles. The van der Waals surface area contributed by atoms with E-state index in [9.17, 15) is 24.0 Å². The Morgan fingerprint density at radius 2 is 1.62 bits per heavy atom. The monoisotopic (exact) mass is 434 g/mol. The number of hydrogen-bond acceptors (Lipinski definition) is 8. The summed E-state index contributed by atoms with van der Waals surface area (Å²) in [6, 6.07) is -4.50. The van der Waals surface area contributed by atoms with Crippen LogP contribution in [-0.2, 0) is 24.0 Å². The quantitative estimate of drug-likeness (QED) is 0.148. The predicted molar refractivity (Wildman–Crippen MR) is 102 cm³/mol. The first-order valence-corrected chi connectivity index (χ1v) is 9.63. The van der Waals surface area contributed by atoms with Gasteiger partial charge in [0.25, 0.3) is 0 Å². The lowest BCUT2D eigenvalue weighted by molar-refractivity contribution is -0.143. The molecule has 0 aromatic carbocycles. The van der Waals surface area contributed by atoms with E-state index in [2.05, 4.69) is 33.9 Å². The predicted octanol–water partition coefficient (Wildman–Crippen LogP) is -2.94. The van der Waals surface area contributed by atoms with Crippen molar-refractivity contribution >= 4 is 42.3 Å². The Morgan fingerprint density at radius 3 is 2.10 bits per heavy atom. The Morgan fingerprint density at radius 1 is 1.00 bits per heavy atom. The molecule has 0 bridgehead atoms. The number of hydrogen-bond donors (Lipinski definition) is 8. The Labute approximate surface area is 172 Å². The normalized spacial score (nSPS) is 18.9. The third-order valence-corrected chi connectivity index (χ3v) is 4.63. The highest BCUT2D eigenvalue weighted by Crippen LogP contribution is 2.07. The average molecular weight is 434 g/mol. The van der Waals surface area contributed by atoms with Crippen LogP contribution in [0.5, 0.6) is 0 Å². The van der Waals surface area contributed by atoms with Gasteiger partial charge < -0.3 is 36.6 Å². The van der Waals surface area contributed by atoms with E-state index in [0.717, 1.165) is 6.42 Å². The van der Waals surface area contributed by atoms with Crippen molar-refractivity contribution in [1.29, 1.82) is 0 Å². The zero-order valence-electron chi connectivity index (χ0n) is 15.6. The Hall–Kier alpha value is -2.38. The molecule has 1 rings (SSSR count). The summed E-state index contributed by atoms with van der Waals surface area (Å²) in [6.07, 6.45) is 0.787. The third-order valence-electron chi connectivity index (χ3n) is 4.27. The number of carbonyl (C=O) groups is 5. The summed E-state index contributed by atoms with van der Waals surface area (Å²) in [5, 5.41) is 36.6. The van der Waals surface area contributed by atoms with Crippen LogP contribution < -0.4 is 21.3 Å². The molecule has 0 saturated carbocycles. The fraction of sp³-hybridized carbons (Fsp3) is 0.688. The summed E-state index contributed by atoms with van der Waals surface area (Å²) in [5.41, 5.74) is 0. The van der Waals surface area contributed by atoms with Crippen LogP contribution in [0.2, 0.25) is 0 Å². The lowest BCUT2D eigenvalue weighted by Crippen LogP contribution is -2.58. The highest BCUT2D eigenvalue weighted by Gasteiger charge is 2.31. The van der Waals surface area contributed by atoms with Gasteiger partial charge in [-0.15, -0.1) is 0 Å². The van der Waals surface area contributed by atoms with Gasteiger partial charge in [0.15, 0.2) is 0 Å². The molecule has 0 spiro atoms. The highest BCUT2D eigenvalue weighted by molar-refractivity contribution is 7.80. The Kier molecular flexibility index (Phi) is 10.4. The maximum absolute atomic E-state index is 12.6. The van der Waals surface area contributed by atoms with Gasteiger partial charge in [0, 0.05) is 12.2 Å². The van der Waals surface area contributed by atoms with E-state index in [1.807, 2.05) is 0 Å². The number of aliphatic hydroxyl groups is 1. The molecule has 0 aromatic rings. The van der Waals surface area contributed by atoms with Gasteiger partial charge in [0.05, 0.1) is 12.6 Å². The fourth-order valence-corrected chi connectivity index (χ4v) is 2.90. The van der Waals surface area contributed by atoms with Crippen molar-refractivity contribution in [3.8, 4) is 0 Å². The minimum Gasteiger partial charge on any atom is -0.481 e. The summed E-state index contributed by atoms with van der Waals surface area (Å²) in [7, 11) is 0. The first-order chi connectivity index (χ1) is 13.7. The standard InChI is InChI=1S/C16H26N4O8S/c21-6-10(16(27)28)19-15(26)11(7-29)20-14(25)9(3-4-12(22)23)18-13(24)8-2-1-5-17-8/h8-11,17,21,29H,1-7H2,(H,18,24)(H,19,26)(H,20,25)(H,22,23)(H,27,28). The van der Waals surface area contributed by atoms with E-state index in [1.54, 1.807) is 0 Å². The summed E-state index contributed by atoms with van der Waals surface area (Å²) >= 11 is 3.95. The van der Waals surface area contributed by atoms with Gasteiger partial charge in [0.1, 0.15) is 18.1 Å². The molecule has 1 fully saturated rings. The molecule has 29 heavy (non-hydrogen) atoms. The first-order valence-electron chi connectivity index (χ1n) is 9.00. The second-order valence-corrected chi connectivity index (χ2v) is 6.83. The van der Waals surface area contributed by atoms with Crippen LogP contribution in [-0.4, -0.2) is 88.1 Å². The van der Waals surface area contributed by atoms with Gasteiger partial charge in [-0.1, -0.05) is 0 Å². The number of carboxylic acid groups (broad SMARTS) is 2. The number of thiol groups is 1.